The summed E-state index contributed by atoms with van der Waals surface area (Å²) in [6.07, 6.45) is 2.84. The molecule has 110 valence electrons. The Morgan fingerprint density at radius 3 is 2.37 bits per heavy atom. The quantitative estimate of drug-likeness (QED) is 0.431. The van der Waals surface area contributed by atoms with Gasteiger partial charge in [0.2, 0.25) is 0 Å². The molecule has 0 spiro atoms. The second-order valence-electron chi connectivity index (χ2n) is 8.17. The van der Waals surface area contributed by atoms with E-state index in [-0.39, 0.29) is 16.7 Å². The molecule has 4 atom stereocenters. The molecule has 1 aliphatic heterocycles. The van der Waals surface area contributed by atoms with Crippen molar-refractivity contribution in [3.05, 3.63) is 12.2 Å². The lowest BCUT2D eigenvalue weighted by molar-refractivity contribution is 0.0732. The topological polar surface area (TPSA) is 21.8 Å². The summed E-state index contributed by atoms with van der Waals surface area (Å²) in [6.45, 7) is 20.1. The fraction of sp³-hybridized carbons (Fsp3) is 0.875. The molecule has 0 radical (unpaired) electrons. The zero-order valence-corrected chi connectivity index (χ0v) is 14.7. The summed E-state index contributed by atoms with van der Waals surface area (Å²) in [5, 5.41) is 0.254. The molecule has 0 unspecified atom stereocenters. The largest absolute Gasteiger partial charge is 0.411 e. The second kappa shape index (κ2) is 4.44. The zero-order valence-electron chi connectivity index (χ0n) is 13.7. The van der Waals surface area contributed by atoms with Gasteiger partial charge in [0.25, 0.3) is 0 Å². The lowest BCUT2D eigenvalue weighted by Gasteiger charge is -2.42. The van der Waals surface area contributed by atoms with Gasteiger partial charge in [0.1, 0.15) is 5.60 Å². The lowest BCUT2D eigenvalue weighted by atomic mass is 9.78. The summed E-state index contributed by atoms with van der Waals surface area (Å²) in [5.41, 5.74) is 1.25. The Bertz CT molecular complexity index is 383. The van der Waals surface area contributed by atoms with Gasteiger partial charge in [-0.25, -0.2) is 0 Å². The highest BCUT2D eigenvalue weighted by atomic mass is 28.4. The zero-order chi connectivity index (χ0) is 14.6. The SMILES string of the molecule is C=C(C)[C@@H]1C[C@@H]2O[C@]2(C)[C@H](O[Si](C)(C)C(C)(C)C)C1. The Morgan fingerprint density at radius 1 is 1.32 bits per heavy atom. The van der Waals surface area contributed by atoms with E-state index in [4.69, 9.17) is 9.16 Å². The molecule has 1 heterocycles. The first-order valence-electron chi connectivity index (χ1n) is 7.48. The molecular formula is C16H30O2Si. The predicted octanol–water partition coefficient (Wildman–Crippen LogP) is 4.52. The maximum absolute atomic E-state index is 6.65. The molecule has 3 heteroatoms. The van der Waals surface area contributed by atoms with E-state index < -0.39 is 8.32 Å². The highest BCUT2D eigenvalue weighted by molar-refractivity contribution is 6.74. The Hall–Kier alpha value is -0.123. The van der Waals surface area contributed by atoms with Crippen molar-refractivity contribution in [1.82, 2.24) is 0 Å². The first-order valence-corrected chi connectivity index (χ1v) is 10.4. The van der Waals surface area contributed by atoms with Crippen LogP contribution in [-0.4, -0.2) is 26.1 Å². The van der Waals surface area contributed by atoms with Crippen LogP contribution < -0.4 is 0 Å². The molecule has 1 saturated carbocycles. The van der Waals surface area contributed by atoms with E-state index in [0.29, 0.717) is 12.0 Å². The molecule has 1 aliphatic carbocycles. The van der Waals surface area contributed by atoms with Gasteiger partial charge in [-0.1, -0.05) is 32.9 Å². The van der Waals surface area contributed by atoms with Crippen molar-refractivity contribution in [1.29, 1.82) is 0 Å². The monoisotopic (exact) mass is 282 g/mol. The Labute approximate surface area is 119 Å². The standard InChI is InChI=1S/C16H30O2Si/c1-11(2)12-9-13-16(6,17-13)14(10-12)18-19(7,8)15(3,4)5/h12-14H,1,9-10H2,2-8H3/t12-,13+,14-,16+/m1/s1. The summed E-state index contributed by atoms with van der Waals surface area (Å²) < 4.78 is 12.6. The Kier molecular flexibility index (Phi) is 3.57. The normalized spacial score (nSPS) is 38.8. The fourth-order valence-corrected chi connectivity index (χ4v) is 4.18. The minimum Gasteiger partial charge on any atom is -0.411 e. The summed E-state index contributed by atoms with van der Waals surface area (Å²) in [5.74, 6) is 0.565. The Balaban J connectivity index is 2.12. The van der Waals surface area contributed by atoms with E-state index in [1.54, 1.807) is 0 Å². The highest BCUT2D eigenvalue weighted by Gasteiger charge is 2.63. The number of fused-ring (bicyclic) bond motifs is 1. The first kappa shape index (κ1) is 15.3. The molecule has 19 heavy (non-hydrogen) atoms. The van der Waals surface area contributed by atoms with Crippen molar-refractivity contribution in [2.75, 3.05) is 0 Å². The number of rotatable bonds is 3. The maximum atomic E-state index is 6.65. The van der Waals surface area contributed by atoms with Gasteiger partial charge in [-0.05, 0) is 50.7 Å². The van der Waals surface area contributed by atoms with Crippen molar-refractivity contribution < 1.29 is 9.16 Å². The van der Waals surface area contributed by atoms with E-state index in [9.17, 15) is 0 Å². The van der Waals surface area contributed by atoms with Gasteiger partial charge in [0.15, 0.2) is 8.32 Å². The van der Waals surface area contributed by atoms with Crippen LogP contribution in [0.5, 0.6) is 0 Å². The minimum absolute atomic E-state index is 0.0263. The van der Waals surface area contributed by atoms with Gasteiger partial charge in [-0.3, -0.25) is 0 Å². The average molecular weight is 282 g/mol. The van der Waals surface area contributed by atoms with Gasteiger partial charge in [0.05, 0.1) is 12.2 Å². The fourth-order valence-electron chi connectivity index (χ4n) is 2.78. The van der Waals surface area contributed by atoms with E-state index in [2.05, 4.69) is 54.3 Å². The van der Waals surface area contributed by atoms with Crippen LogP contribution in [0.3, 0.4) is 0 Å². The molecule has 0 aromatic carbocycles. The number of allylic oxidation sites excluding steroid dienone is 1. The van der Waals surface area contributed by atoms with Crippen molar-refractivity contribution in [2.24, 2.45) is 5.92 Å². The highest BCUT2D eigenvalue weighted by Crippen LogP contribution is 2.53. The molecule has 0 bridgehead atoms. The predicted molar refractivity (Wildman–Crippen MR) is 82.9 cm³/mol. The van der Waals surface area contributed by atoms with E-state index in [1.807, 2.05) is 0 Å². The van der Waals surface area contributed by atoms with Crippen molar-refractivity contribution >= 4 is 8.32 Å². The van der Waals surface area contributed by atoms with Crippen LogP contribution in [0.1, 0.15) is 47.5 Å². The number of hydrogen-bond acceptors (Lipinski definition) is 2. The summed E-state index contributed by atoms with van der Waals surface area (Å²) in [6, 6.07) is 0. The molecule has 0 N–H and O–H groups in total. The van der Waals surface area contributed by atoms with Gasteiger partial charge >= 0.3 is 0 Å². The van der Waals surface area contributed by atoms with Crippen LogP contribution in [0.15, 0.2) is 12.2 Å². The molecule has 0 aromatic heterocycles. The van der Waals surface area contributed by atoms with Crippen LogP contribution in [0, 0.1) is 5.92 Å². The van der Waals surface area contributed by atoms with E-state index in [1.165, 1.54) is 5.57 Å². The van der Waals surface area contributed by atoms with Gasteiger partial charge in [-0.15, -0.1) is 0 Å². The summed E-state index contributed by atoms with van der Waals surface area (Å²) >= 11 is 0. The third-order valence-corrected chi connectivity index (χ3v) is 10.0. The van der Waals surface area contributed by atoms with Crippen molar-refractivity contribution in [2.45, 2.75) is 83.4 Å². The minimum atomic E-state index is -1.73. The van der Waals surface area contributed by atoms with E-state index >= 15 is 0 Å². The molecule has 1 saturated heterocycles. The first-order chi connectivity index (χ1) is 8.47. The Morgan fingerprint density at radius 2 is 1.89 bits per heavy atom. The van der Waals surface area contributed by atoms with Crippen LogP contribution >= 0.6 is 0 Å². The van der Waals surface area contributed by atoms with Crippen LogP contribution in [0.2, 0.25) is 18.1 Å². The summed E-state index contributed by atoms with van der Waals surface area (Å²) in [7, 11) is -1.73. The number of epoxide rings is 1. The van der Waals surface area contributed by atoms with Crippen molar-refractivity contribution in [3.63, 3.8) is 0 Å². The molecule has 2 aliphatic rings. The van der Waals surface area contributed by atoms with E-state index in [0.717, 1.165) is 12.8 Å². The van der Waals surface area contributed by atoms with Gasteiger partial charge < -0.3 is 9.16 Å². The third-order valence-electron chi connectivity index (χ3n) is 5.55. The molecule has 0 aromatic rings. The van der Waals surface area contributed by atoms with Crippen molar-refractivity contribution in [3.8, 4) is 0 Å². The molecule has 2 nitrogen and oxygen atoms in total. The molecular weight excluding hydrogens is 252 g/mol. The number of ether oxygens (including phenoxy) is 1. The maximum Gasteiger partial charge on any atom is 0.192 e. The van der Waals surface area contributed by atoms with Crippen LogP contribution in [0.25, 0.3) is 0 Å². The van der Waals surface area contributed by atoms with Gasteiger partial charge in [0, 0.05) is 0 Å². The number of hydrogen-bond donors (Lipinski definition) is 0. The van der Waals surface area contributed by atoms with Crippen LogP contribution in [0.4, 0.5) is 0 Å². The van der Waals surface area contributed by atoms with Gasteiger partial charge in [-0.2, -0.15) is 0 Å². The average Bonchev–Trinajstić information content (AvgIpc) is 2.87. The molecule has 2 rings (SSSR count). The van der Waals surface area contributed by atoms with Crippen LogP contribution in [-0.2, 0) is 9.16 Å². The third kappa shape index (κ3) is 2.70. The lowest BCUT2D eigenvalue weighted by Crippen LogP contribution is -2.50. The molecule has 0 amide bonds. The molecule has 2 fully saturated rings. The second-order valence-corrected chi connectivity index (χ2v) is 12.9. The smallest absolute Gasteiger partial charge is 0.192 e. The summed E-state index contributed by atoms with van der Waals surface area (Å²) in [4.78, 5) is 0.